The summed E-state index contributed by atoms with van der Waals surface area (Å²) in [7, 11) is 0. The Morgan fingerprint density at radius 1 is 1.14 bits per heavy atom. The van der Waals surface area contributed by atoms with E-state index in [1.165, 1.54) is 11.1 Å². The summed E-state index contributed by atoms with van der Waals surface area (Å²) in [5.74, 6) is 1.91. The van der Waals surface area contributed by atoms with E-state index >= 15 is 0 Å². The molecule has 3 nitrogen and oxygen atoms in total. The van der Waals surface area contributed by atoms with Crippen molar-refractivity contribution in [1.82, 2.24) is 9.38 Å². The van der Waals surface area contributed by atoms with Gasteiger partial charge in [-0.2, -0.15) is 0 Å². The summed E-state index contributed by atoms with van der Waals surface area (Å²) >= 11 is 3.53. The van der Waals surface area contributed by atoms with Crippen LogP contribution in [0.15, 0.2) is 47.2 Å². The third-order valence-electron chi connectivity index (χ3n) is 3.41. The summed E-state index contributed by atoms with van der Waals surface area (Å²) in [6.07, 6.45) is 2.83. The predicted molar refractivity (Wildman–Crippen MR) is 88.0 cm³/mol. The number of fused-ring (bicyclic) bond motifs is 1. The standard InChI is InChI=1S/C17H17BrN2O/c1-12-4-3-5-14(10-12)21-9-7-16-19-17(18)15-11-13(2)6-8-20(15)16/h3-6,8,10-11H,7,9H2,1-2H3. The van der Waals surface area contributed by atoms with Crippen LogP contribution in [-0.2, 0) is 6.42 Å². The molecule has 0 bridgehead atoms. The molecule has 0 aliphatic heterocycles. The Bertz CT molecular complexity index is 780. The average Bonchev–Trinajstić information content (AvgIpc) is 2.75. The van der Waals surface area contributed by atoms with E-state index in [9.17, 15) is 0 Å². The third kappa shape index (κ3) is 3.10. The van der Waals surface area contributed by atoms with Crippen molar-refractivity contribution in [2.45, 2.75) is 20.3 Å². The van der Waals surface area contributed by atoms with E-state index in [1.54, 1.807) is 0 Å². The molecule has 4 heteroatoms. The second kappa shape index (κ2) is 5.90. The van der Waals surface area contributed by atoms with Gasteiger partial charge in [-0.1, -0.05) is 12.1 Å². The number of aromatic nitrogens is 2. The molecule has 0 spiro atoms. The maximum atomic E-state index is 5.80. The van der Waals surface area contributed by atoms with Gasteiger partial charge in [-0.25, -0.2) is 4.98 Å². The van der Waals surface area contributed by atoms with Crippen molar-refractivity contribution in [2.24, 2.45) is 0 Å². The number of imidazole rings is 1. The molecule has 0 radical (unpaired) electrons. The number of hydrogen-bond acceptors (Lipinski definition) is 2. The van der Waals surface area contributed by atoms with Crippen LogP contribution in [-0.4, -0.2) is 16.0 Å². The van der Waals surface area contributed by atoms with Gasteiger partial charge in [-0.15, -0.1) is 0 Å². The monoisotopic (exact) mass is 344 g/mol. The van der Waals surface area contributed by atoms with Gasteiger partial charge in [-0.05, 0) is 65.2 Å². The van der Waals surface area contributed by atoms with Crippen LogP contribution in [0.1, 0.15) is 17.0 Å². The summed E-state index contributed by atoms with van der Waals surface area (Å²) in [4.78, 5) is 4.58. The average molecular weight is 345 g/mol. The number of nitrogens with zero attached hydrogens (tertiary/aromatic N) is 2. The molecule has 108 valence electrons. The van der Waals surface area contributed by atoms with E-state index in [0.29, 0.717) is 6.61 Å². The van der Waals surface area contributed by atoms with Crippen LogP contribution in [0.25, 0.3) is 5.52 Å². The molecule has 21 heavy (non-hydrogen) atoms. The topological polar surface area (TPSA) is 26.5 Å². The van der Waals surface area contributed by atoms with E-state index in [-0.39, 0.29) is 0 Å². The number of halogens is 1. The van der Waals surface area contributed by atoms with Gasteiger partial charge in [0.05, 0.1) is 12.1 Å². The smallest absolute Gasteiger partial charge is 0.132 e. The molecule has 2 aromatic heterocycles. The van der Waals surface area contributed by atoms with Crippen LogP contribution in [0.3, 0.4) is 0 Å². The zero-order valence-electron chi connectivity index (χ0n) is 12.1. The summed E-state index contributed by atoms with van der Waals surface area (Å²) in [6.45, 7) is 4.76. The van der Waals surface area contributed by atoms with Crippen LogP contribution in [0.5, 0.6) is 5.75 Å². The molecule has 0 atom stereocenters. The molecule has 0 aliphatic carbocycles. The molecule has 0 fully saturated rings. The fourth-order valence-electron chi connectivity index (χ4n) is 2.36. The molecule has 0 aliphatic rings. The number of benzene rings is 1. The molecule has 3 aromatic rings. The second-order valence-corrected chi connectivity index (χ2v) is 5.94. The molecule has 0 amide bonds. The first-order valence-corrected chi connectivity index (χ1v) is 7.75. The van der Waals surface area contributed by atoms with Crippen LogP contribution in [0, 0.1) is 13.8 Å². The first-order chi connectivity index (χ1) is 10.1. The molecule has 0 unspecified atom stereocenters. The molecule has 0 saturated carbocycles. The number of aryl methyl sites for hydroxylation is 2. The number of rotatable bonds is 4. The van der Waals surface area contributed by atoms with Crippen molar-refractivity contribution in [1.29, 1.82) is 0 Å². The van der Waals surface area contributed by atoms with Crippen molar-refractivity contribution in [3.8, 4) is 5.75 Å². The minimum atomic E-state index is 0.614. The molecule has 3 rings (SSSR count). The van der Waals surface area contributed by atoms with E-state index in [4.69, 9.17) is 4.74 Å². The number of hydrogen-bond donors (Lipinski definition) is 0. The normalized spacial score (nSPS) is 11.0. The highest BCUT2D eigenvalue weighted by Gasteiger charge is 2.09. The van der Waals surface area contributed by atoms with Gasteiger partial charge >= 0.3 is 0 Å². The van der Waals surface area contributed by atoms with E-state index < -0.39 is 0 Å². The molecule has 0 N–H and O–H groups in total. The maximum absolute atomic E-state index is 5.80. The van der Waals surface area contributed by atoms with Crippen molar-refractivity contribution in [2.75, 3.05) is 6.61 Å². The first-order valence-electron chi connectivity index (χ1n) is 6.96. The van der Waals surface area contributed by atoms with Gasteiger partial charge in [0, 0.05) is 12.6 Å². The largest absolute Gasteiger partial charge is 0.493 e. The third-order valence-corrected chi connectivity index (χ3v) is 3.99. The summed E-state index contributed by atoms with van der Waals surface area (Å²) in [6, 6.07) is 12.3. The van der Waals surface area contributed by atoms with Crippen LogP contribution >= 0.6 is 15.9 Å². The van der Waals surface area contributed by atoms with E-state index in [0.717, 1.165) is 28.1 Å². The zero-order valence-corrected chi connectivity index (χ0v) is 13.7. The lowest BCUT2D eigenvalue weighted by molar-refractivity contribution is 0.318. The number of ether oxygens (including phenoxy) is 1. The highest BCUT2D eigenvalue weighted by Crippen LogP contribution is 2.20. The minimum Gasteiger partial charge on any atom is -0.493 e. The van der Waals surface area contributed by atoms with Crippen LogP contribution < -0.4 is 4.74 Å². The summed E-state index contributed by atoms with van der Waals surface area (Å²) in [5, 5.41) is 0. The van der Waals surface area contributed by atoms with Gasteiger partial charge in [0.25, 0.3) is 0 Å². The molecular formula is C17H17BrN2O. The lowest BCUT2D eigenvalue weighted by Gasteiger charge is -2.06. The Balaban J connectivity index is 1.74. The van der Waals surface area contributed by atoms with Gasteiger partial charge in [0.1, 0.15) is 16.2 Å². The van der Waals surface area contributed by atoms with Gasteiger partial charge in [-0.3, -0.25) is 0 Å². The van der Waals surface area contributed by atoms with E-state index in [1.807, 2.05) is 18.2 Å². The van der Waals surface area contributed by atoms with Crippen molar-refractivity contribution < 1.29 is 4.74 Å². The van der Waals surface area contributed by atoms with Gasteiger partial charge < -0.3 is 9.14 Å². The quantitative estimate of drug-likeness (QED) is 0.703. The maximum Gasteiger partial charge on any atom is 0.132 e. The van der Waals surface area contributed by atoms with Crippen LogP contribution in [0.4, 0.5) is 0 Å². The van der Waals surface area contributed by atoms with Crippen molar-refractivity contribution in [3.05, 3.63) is 64.1 Å². The summed E-state index contributed by atoms with van der Waals surface area (Å²) in [5.41, 5.74) is 3.53. The lowest BCUT2D eigenvalue weighted by Crippen LogP contribution is -2.05. The second-order valence-electron chi connectivity index (χ2n) is 5.19. The van der Waals surface area contributed by atoms with Gasteiger partial charge in [0.15, 0.2) is 0 Å². The fourth-order valence-corrected chi connectivity index (χ4v) is 2.87. The summed E-state index contributed by atoms with van der Waals surface area (Å²) < 4.78 is 8.80. The molecule has 1 aromatic carbocycles. The van der Waals surface area contributed by atoms with Crippen molar-refractivity contribution in [3.63, 3.8) is 0 Å². The zero-order chi connectivity index (χ0) is 14.8. The van der Waals surface area contributed by atoms with E-state index in [2.05, 4.69) is 63.6 Å². The highest BCUT2D eigenvalue weighted by atomic mass is 79.9. The first kappa shape index (κ1) is 14.1. The molecule has 2 heterocycles. The Labute approximate surface area is 132 Å². The van der Waals surface area contributed by atoms with Gasteiger partial charge in [0.2, 0.25) is 0 Å². The fraction of sp³-hybridized carbons (Fsp3) is 0.235. The number of pyridine rings is 1. The Morgan fingerprint density at radius 2 is 1.95 bits per heavy atom. The lowest BCUT2D eigenvalue weighted by atomic mass is 10.2. The Morgan fingerprint density at radius 3 is 2.76 bits per heavy atom. The van der Waals surface area contributed by atoms with Crippen LogP contribution in [0.2, 0.25) is 0 Å². The highest BCUT2D eigenvalue weighted by molar-refractivity contribution is 9.10. The molecular weight excluding hydrogens is 328 g/mol. The minimum absolute atomic E-state index is 0.614. The predicted octanol–water partition coefficient (Wildman–Crippen LogP) is 4.34. The SMILES string of the molecule is Cc1cccc(OCCc2nc(Br)c3cc(C)ccn23)c1. The van der Waals surface area contributed by atoms with Crippen molar-refractivity contribution >= 4 is 21.4 Å². The Kier molecular flexibility index (Phi) is 3.97. The Hall–Kier alpha value is -1.81. The molecule has 0 saturated heterocycles.